The fourth-order valence-electron chi connectivity index (χ4n) is 4.16. The molecule has 6 nitrogen and oxygen atoms in total. The third-order valence-corrected chi connectivity index (χ3v) is 5.91. The van der Waals surface area contributed by atoms with Crippen molar-refractivity contribution < 1.29 is 24.1 Å². The first-order chi connectivity index (χ1) is 14.2. The van der Waals surface area contributed by atoms with E-state index in [0.717, 1.165) is 49.8 Å². The minimum Gasteiger partial charge on any atom is -0.454 e. The molecule has 0 unspecified atom stereocenters. The highest BCUT2D eigenvalue weighted by atomic mass is 16.7. The second kappa shape index (κ2) is 9.29. The Labute approximate surface area is 172 Å². The second-order valence-electron chi connectivity index (χ2n) is 7.93. The maximum atomic E-state index is 12.9. The van der Waals surface area contributed by atoms with Crippen LogP contribution in [0.4, 0.5) is 0 Å². The van der Waals surface area contributed by atoms with E-state index in [1.807, 2.05) is 30.0 Å². The summed E-state index contributed by atoms with van der Waals surface area (Å²) in [5.74, 6) is 1.78. The quantitative estimate of drug-likeness (QED) is 0.677. The number of likely N-dealkylation sites (N-methyl/N-ethyl adjacent to an activating group) is 1. The molecular formula is C23H31N3O3+2. The smallest absolute Gasteiger partial charge is 0.278 e. The maximum Gasteiger partial charge on any atom is 0.278 e. The fraction of sp³-hybridized carbons (Fsp3) is 0.435. The molecule has 0 saturated carbocycles. The van der Waals surface area contributed by atoms with Gasteiger partial charge in [0.2, 0.25) is 6.79 Å². The summed E-state index contributed by atoms with van der Waals surface area (Å²) in [6.45, 7) is 9.64. The van der Waals surface area contributed by atoms with E-state index in [2.05, 4.69) is 30.3 Å². The average Bonchev–Trinajstić information content (AvgIpc) is 3.22. The summed E-state index contributed by atoms with van der Waals surface area (Å²) in [4.78, 5) is 17.8. The number of hydrogen-bond acceptors (Lipinski definition) is 3. The van der Waals surface area contributed by atoms with Gasteiger partial charge in [-0.2, -0.15) is 0 Å². The maximum absolute atomic E-state index is 12.9. The standard InChI is InChI=1S/C23H29N3O3/c1-2-26(16-20-8-9-21-22(14-20)29-18-28-21)23(27)17-25-12-10-24(11-13-25)15-19-6-4-3-5-7-19/h3-9,14H,2,10-13,15-18H2,1H3/p+2. The van der Waals surface area contributed by atoms with E-state index in [1.54, 1.807) is 4.90 Å². The Morgan fingerprint density at radius 2 is 1.66 bits per heavy atom. The summed E-state index contributed by atoms with van der Waals surface area (Å²) in [5, 5.41) is 0. The molecule has 2 heterocycles. The van der Waals surface area contributed by atoms with Gasteiger partial charge in [-0.3, -0.25) is 4.79 Å². The number of amides is 1. The van der Waals surface area contributed by atoms with Crippen molar-refractivity contribution in [2.75, 3.05) is 46.1 Å². The van der Waals surface area contributed by atoms with Crippen molar-refractivity contribution in [3.8, 4) is 11.5 Å². The van der Waals surface area contributed by atoms with Crippen molar-refractivity contribution in [1.29, 1.82) is 0 Å². The lowest BCUT2D eigenvalue weighted by atomic mass is 10.2. The van der Waals surface area contributed by atoms with Crippen LogP contribution < -0.4 is 19.3 Å². The van der Waals surface area contributed by atoms with Crippen molar-refractivity contribution >= 4 is 5.91 Å². The highest BCUT2D eigenvalue weighted by Gasteiger charge is 2.26. The Morgan fingerprint density at radius 3 is 2.41 bits per heavy atom. The molecule has 2 N–H and O–H groups in total. The van der Waals surface area contributed by atoms with Crippen LogP contribution in [-0.4, -0.2) is 56.9 Å². The zero-order chi connectivity index (χ0) is 20.1. The summed E-state index contributed by atoms with van der Waals surface area (Å²) in [5.41, 5.74) is 2.47. The van der Waals surface area contributed by atoms with Crippen LogP contribution >= 0.6 is 0 Å². The first-order valence-electron chi connectivity index (χ1n) is 10.6. The van der Waals surface area contributed by atoms with Crippen LogP contribution in [-0.2, 0) is 17.9 Å². The molecule has 2 aromatic carbocycles. The van der Waals surface area contributed by atoms with Crippen LogP contribution in [0.15, 0.2) is 48.5 Å². The average molecular weight is 398 g/mol. The van der Waals surface area contributed by atoms with E-state index in [1.165, 1.54) is 10.5 Å². The summed E-state index contributed by atoms with van der Waals surface area (Å²) in [6.07, 6.45) is 0. The Balaban J connectivity index is 1.26. The molecule has 6 heteroatoms. The highest BCUT2D eigenvalue weighted by molar-refractivity contribution is 5.77. The van der Waals surface area contributed by atoms with Gasteiger partial charge in [-0.25, -0.2) is 0 Å². The normalized spacial score (nSPS) is 20.4. The van der Waals surface area contributed by atoms with Crippen LogP contribution in [0.5, 0.6) is 11.5 Å². The van der Waals surface area contributed by atoms with E-state index in [9.17, 15) is 4.79 Å². The molecule has 0 radical (unpaired) electrons. The molecule has 0 spiro atoms. The summed E-state index contributed by atoms with van der Waals surface area (Å²) in [6, 6.07) is 16.6. The van der Waals surface area contributed by atoms with Crippen LogP contribution in [0.3, 0.4) is 0 Å². The molecule has 0 aromatic heterocycles. The van der Waals surface area contributed by atoms with Gasteiger partial charge in [-0.15, -0.1) is 0 Å². The minimum atomic E-state index is 0.228. The van der Waals surface area contributed by atoms with Crippen molar-refractivity contribution in [3.05, 3.63) is 59.7 Å². The van der Waals surface area contributed by atoms with Gasteiger partial charge in [0.15, 0.2) is 18.0 Å². The number of nitrogens with one attached hydrogen (secondary N) is 2. The molecule has 154 valence electrons. The van der Waals surface area contributed by atoms with Gasteiger partial charge in [0.1, 0.15) is 32.7 Å². The Kier molecular flexibility index (Phi) is 6.32. The topological polar surface area (TPSA) is 47.6 Å². The Hall–Kier alpha value is -2.57. The minimum absolute atomic E-state index is 0.228. The number of carbonyl (C=O) groups is 1. The monoisotopic (exact) mass is 397 g/mol. The molecule has 29 heavy (non-hydrogen) atoms. The third kappa shape index (κ3) is 5.08. The number of ether oxygens (including phenoxy) is 2. The van der Waals surface area contributed by atoms with E-state index in [-0.39, 0.29) is 12.7 Å². The second-order valence-corrected chi connectivity index (χ2v) is 7.93. The summed E-state index contributed by atoms with van der Waals surface area (Å²) < 4.78 is 10.8. The number of quaternary nitrogens is 2. The molecule has 0 bridgehead atoms. The molecule has 1 amide bonds. The number of carbonyl (C=O) groups excluding carboxylic acids is 1. The zero-order valence-electron chi connectivity index (χ0n) is 17.2. The van der Waals surface area contributed by atoms with E-state index in [4.69, 9.17) is 9.47 Å². The SMILES string of the molecule is CCN(Cc1ccc2c(c1)OCO2)C(=O)C[NH+]1CC[NH+](Cc2ccccc2)CC1. The number of hydrogen-bond donors (Lipinski definition) is 2. The fourth-order valence-corrected chi connectivity index (χ4v) is 4.16. The lowest BCUT2D eigenvalue weighted by Crippen LogP contribution is -3.28. The molecule has 2 aliphatic rings. The molecule has 0 aliphatic carbocycles. The van der Waals surface area contributed by atoms with Crippen molar-refractivity contribution in [2.24, 2.45) is 0 Å². The zero-order valence-corrected chi connectivity index (χ0v) is 17.2. The molecular weight excluding hydrogens is 366 g/mol. The molecule has 1 saturated heterocycles. The summed E-state index contributed by atoms with van der Waals surface area (Å²) in [7, 11) is 0. The number of rotatable bonds is 7. The third-order valence-electron chi connectivity index (χ3n) is 5.91. The lowest BCUT2D eigenvalue weighted by molar-refractivity contribution is -1.02. The van der Waals surface area contributed by atoms with Gasteiger partial charge in [0, 0.05) is 18.7 Å². The highest BCUT2D eigenvalue weighted by Crippen LogP contribution is 2.32. The number of nitrogens with zero attached hydrogens (tertiary/aromatic N) is 1. The van der Waals surface area contributed by atoms with Crippen molar-refractivity contribution in [3.63, 3.8) is 0 Å². The van der Waals surface area contributed by atoms with Crippen molar-refractivity contribution in [1.82, 2.24) is 4.90 Å². The molecule has 2 aromatic rings. The van der Waals surface area contributed by atoms with Crippen LogP contribution in [0.25, 0.3) is 0 Å². The van der Waals surface area contributed by atoms with Crippen LogP contribution in [0.1, 0.15) is 18.1 Å². The van der Waals surface area contributed by atoms with Gasteiger partial charge in [-0.1, -0.05) is 36.4 Å². The van der Waals surface area contributed by atoms with Gasteiger partial charge in [-0.05, 0) is 24.6 Å². The van der Waals surface area contributed by atoms with Gasteiger partial charge in [0.05, 0.1) is 0 Å². The van der Waals surface area contributed by atoms with Gasteiger partial charge in [0.25, 0.3) is 5.91 Å². The van der Waals surface area contributed by atoms with Crippen LogP contribution in [0.2, 0.25) is 0 Å². The van der Waals surface area contributed by atoms with E-state index >= 15 is 0 Å². The Morgan fingerprint density at radius 1 is 0.931 bits per heavy atom. The van der Waals surface area contributed by atoms with E-state index in [0.29, 0.717) is 19.6 Å². The van der Waals surface area contributed by atoms with Gasteiger partial charge < -0.3 is 24.2 Å². The predicted molar refractivity (Wildman–Crippen MR) is 110 cm³/mol. The number of benzene rings is 2. The number of fused-ring (bicyclic) bond motifs is 1. The first-order valence-corrected chi connectivity index (χ1v) is 10.6. The number of piperazine rings is 1. The molecule has 1 fully saturated rings. The molecule has 0 atom stereocenters. The lowest BCUT2D eigenvalue weighted by Gasteiger charge is -2.31. The molecule has 2 aliphatic heterocycles. The largest absolute Gasteiger partial charge is 0.454 e. The first kappa shape index (κ1) is 19.7. The summed E-state index contributed by atoms with van der Waals surface area (Å²) >= 11 is 0. The Bertz CT molecular complexity index is 819. The van der Waals surface area contributed by atoms with E-state index < -0.39 is 0 Å². The van der Waals surface area contributed by atoms with Gasteiger partial charge >= 0.3 is 0 Å². The van der Waals surface area contributed by atoms with Crippen LogP contribution in [0, 0.1) is 0 Å². The molecule has 4 rings (SSSR count). The van der Waals surface area contributed by atoms with Crippen molar-refractivity contribution in [2.45, 2.75) is 20.0 Å². The predicted octanol–water partition coefficient (Wildman–Crippen LogP) is -0.253.